The molecule has 2 unspecified atom stereocenters. The average Bonchev–Trinajstić information content (AvgIpc) is 2.02. The Hall–Kier alpha value is -0.440. The van der Waals surface area contributed by atoms with Crippen LogP contribution in [0.4, 0.5) is 0 Å². The van der Waals surface area contributed by atoms with Crippen LogP contribution in [0, 0.1) is 0 Å². The smallest absolute Gasteiger partial charge is 0.288 e. The minimum atomic E-state index is -0.189. The summed E-state index contributed by atoms with van der Waals surface area (Å²) in [6.07, 6.45) is 4.51. The summed E-state index contributed by atoms with van der Waals surface area (Å²) in [5, 5.41) is 3.32. The number of nitrogens with zero attached hydrogens (tertiary/aromatic N) is 1. The summed E-state index contributed by atoms with van der Waals surface area (Å²) < 4.78 is 4.94. The summed E-state index contributed by atoms with van der Waals surface area (Å²) in [4.78, 5) is 4.36. The van der Waals surface area contributed by atoms with Crippen molar-refractivity contribution in [3.8, 4) is 0 Å². The number of alkyl halides is 1. The Balaban J connectivity index is 2.07. The maximum atomic E-state index is 6.17. The third kappa shape index (κ3) is 1.07. The summed E-state index contributed by atoms with van der Waals surface area (Å²) in [6, 6.07) is 0.627. The lowest BCUT2D eigenvalue weighted by Gasteiger charge is -2.44. The molecule has 0 aromatic heterocycles. The first kappa shape index (κ1) is 8.17. The van der Waals surface area contributed by atoms with E-state index in [9.17, 15) is 0 Å². The van der Waals surface area contributed by atoms with E-state index in [4.69, 9.17) is 16.3 Å². The number of methoxy groups -OCH3 is 1. The van der Waals surface area contributed by atoms with Crippen LogP contribution >= 0.6 is 11.6 Å². The van der Waals surface area contributed by atoms with E-state index in [1.165, 1.54) is 12.8 Å². The van der Waals surface area contributed by atoms with Crippen molar-refractivity contribution in [1.29, 1.82) is 0 Å². The van der Waals surface area contributed by atoms with Gasteiger partial charge in [-0.3, -0.25) is 0 Å². The van der Waals surface area contributed by atoms with Gasteiger partial charge in [0.05, 0.1) is 12.5 Å². The topological polar surface area (TPSA) is 33.6 Å². The molecule has 1 aliphatic heterocycles. The van der Waals surface area contributed by atoms with Crippen molar-refractivity contribution in [1.82, 2.24) is 5.32 Å². The Kier molecular flexibility index (Phi) is 1.91. The van der Waals surface area contributed by atoms with Crippen molar-refractivity contribution in [2.75, 3.05) is 7.11 Å². The quantitative estimate of drug-likeness (QED) is 0.585. The fourth-order valence-electron chi connectivity index (χ4n) is 1.85. The van der Waals surface area contributed by atoms with E-state index in [0.717, 1.165) is 12.8 Å². The van der Waals surface area contributed by atoms with Crippen LogP contribution in [-0.2, 0) is 4.74 Å². The standard InChI is InChI=1S/C8H13ClN2O/c1-12-7-10-8(11-7)5-3-2-4-6(8)9/h6H,2-5H2,1H3,(H,10,11). The van der Waals surface area contributed by atoms with E-state index in [2.05, 4.69) is 10.3 Å². The van der Waals surface area contributed by atoms with Crippen LogP contribution in [-0.4, -0.2) is 24.2 Å². The predicted molar refractivity (Wildman–Crippen MR) is 48.4 cm³/mol. The highest BCUT2D eigenvalue weighted by molar-refractivity contribution is 6.22. The zero-order chi connectivity index (χ0) is 8.60. The Morgan fingerprint density at radius 2 is 2.42 bits per heavy atom. The van der Waals surface area contributed by atoms with E-state index in [0.29, 0.717) is 6.02 Å². The molecule has 2 rings (SSSR count). The number of amidine groups is 1. The van der Waals surface area contributed by atoms with E-state index in [-0.39, 0.29) is 11.0 Å². The molecule has 0 amide bonds. The molecule has 1 aliphatic carbocycles. The lowest BCUT2D eigenvalue weighted by atomic mass is 9.87. The minimum Gasteiger partial charge on any atom is -0.469 e. The molecule has 68 valence electrons. The number of halogens is 1. The zero-order valence-corrected chi connectivity index (χ0v) is 7.90. The number of rotatable bonds is 0. The highest BCUT2D eigenvalue weighted by atomic mass is 35.5. The molecule has 1 saturated carbocycles. The van der Waals surface area contributed by atoms with Gasteiger partial charge >= 0.3 is 0 Å². The number of hydrogen-bond donors (Lipinski definition) is 1. The van der Waals surface area contributed by atoms with Crippen molar-refractivity contribution < 1.29 is 4.74 Å². The van der Waals surface area contributed by atoms with E-state index < -0.39 is 0 Å². The van der Waals surface area contributed by atoms with Crippen LogP contribution in [0.25, 0.3) is 0 Å². The Labute approximate surface area is 77.1 Å². The van der Waals surface area contributed by atoms with Gasteiger partial charge in [0, 0.05) is 0 Å². The Bertz CT molecular complexity index is 219. The molecule has 1 fully saturated rings. The van der Waals surface area contributed by atoms with Crippen LogP contribution in [0.5, 0.6) is 0 Å². The number of hydrogen-bond acceptors (Lipinski definition) is 3. The van der Waals surface area contributed by atoms with Gasteiger partial charge in [0.2, 0.25) is 0 Å². The highest BCUT2D eigenvalue weighted by Crippen LogP contribution is 2.37. The molecule has 0 aromatic carbocycles. The second-order valence-electron chi connectivity index (χ2n) is 3.38. The first-order valence-corrected chi connectivity index (χ1v) is 4.76. The highest BCUT2D eigenvalue weighted by Gasteiger charge is 2.46. The lowest BCUT2D eigenvalue weighted by Crippen LogP contribution is -2.63. The molecule has 2 atom stereocenters. The second kappa shape index (κ2) is 2.80. The maximum Gasteiger partial charge on any atom is 0.288 e. The molecule has 0 radical (unpaired) electrons. The molecular weight excluding hydrogens is 176 g/mol. The van der Waals surface area contributed by atoms with Gasteiger partial charge in [-0.05, 0) is 19.3 Å². The van der Waals surface area contributed by atoms with E-state index in [1.807, 2.05) is 0 Å². The SMILES string of the molecule is COC1=NC2(CCCCC2Cl)N1. The third-order valence-electron chi connectivity index (χ3n) is 2.60. The van der Waals surface area contributed by atoms with Gasteiger partial charge in [-0.15, -0.1) is 11.6 Å². The zero-order valence-electron chi connectivity index (χ0n) is 7.14. The predicted octanol–water partition coefficient (Wildman–Crippen LogP) is 1.47. The lowest BCUT2D eigenvalue weighted by molar-refractivity contribution is 0.206. The molecule has 1 N–H and O–H groups in total. The van der Waals surface area contributed by atoms with E-state index in [1.54, 1.807) is 7.11 Å². The van der Waals surface area contributed by atoms with Crippen molar-refractivity contribution >= 4 is 17.6 Å². The fourth-order valence-corrected chi connectivity index (χ4v) is 2.21. The van der Waals surface area contributed by atoms with Gasteiger partial charge in [-0.25, -0.2) is 4.99 Å². The summed E-state index contributed by atoms with van der Waals surface area (Å²) >= 11 is 6.17. The molecule has 1 spiro atoms. The van der Waals surface area contributed by atoms with Gasteiger partial charge in [0.15, 0.2) is 5.66 Å². The molecule has 12 heavy (non-hydrogen) atoms. The molecule has 0 bridgehead atoms. The van der Waals surface area contributed by atoms with Crippen LogP contribution in [0.2, 0.25) is 0 Å². The number of nitrogens with one attached hydrogen (secondary N) is 1. The van der Waals surface area contributed by atoms with Crippen molar-refractivity contribution in [2.24, 2.45) is 4.99 Å². The maximum absolute atomic E-state index is 6.17. The van der Waals surface area contributed by atoms with Crippen LogP contribution in [0.15, 0.2) is 4.99 Å². The summed E-state index contributed by atoms with van der Waals surface area (Å²) in [7, 11) is 1.62. The number of aliphatic imine (C=N–C) groups is 1. The van der Waals surface area contributed by atoms with Crippen molar-refractivity contribution in [3.63, 3.8) is 0 Å². The molecule has 3 nitrogen and oxygen atoms in total. The minimum absolute atomic E-state index is 0.130. The van der Waals surface area contributed by atoms with Gasteiger partial charge < -0.3 is 10.1 Å². The van der Waals surface area contributed by atoms with Gasteiger partial charge in [-0.2, -0.15) is 0 Å². The largest absolute Gasteiger partial charge is 0.469 e. The van der Waals surface area contributed by atoms with Crippen molar-refractivity contribution in [2.45, 2.75) is 36.7 Å². The normalized spacial score (nSPS) is 39.8. The van der Waals surface area contributed by atoms with Gasteiger partial charge in [-0.1, -0.05) is 6.42 Å². The first-order chi connectivity index (χ1) is 5.77. The summed E-state index contributed by atoms with van der Waals surface area (Å²) in [6.45, 7) is 0. The summed E-state index contributed by atoms with van der Waals surface area (Å²) in [5.74, 6) is 0. The number of ether oxygens (including phenoxy) is 1. The van der Waals surface area contributed by atoms with Crippen molar-refractivity contribution in [3.05, 3.63) is 0 Å². The average molecular weight is 189 g/mol. The second-order valence-corrected chi connectivity index (χ2v) is 3.91. The van der Waals surface area contributed by atoms with Crippen LogP contribution < -0.4 is 5.32 Å². The Morgan fingerprint density at radius 1 is 1.67 bits per heavy atom. The van der Waals surface area contributed by atoms with Gasteiger partial charge in [0.1, 0.15) is 0 Å². The van der Waals surface area contributed by atoms with E-state index >= 15 is 0 Å². The summed E-state index contributed by atoms with van der Waals surface area (Å²) in [5.41, 5.74) is -0.189. The molecule has 2 aliphatic rings. The molecule has 0 aromatic rings. The molecule has 4 heteroatoms. The molecular formula is C8H13ClN2O. The third-order valence-corrected chi connectivity index (χ3v) is 3.18. The fraction of sp³-hybridized carbons (Fsp3) is 0.875. The first-order valence-electron chi connectivity index (χ1n) is 4.33. The van der Waals surface area contributed by atoms with Gasteiger partial charge in [0.25, 0.3) is 6.02 Å². The Morgan fingerprint density at radius 3 is 3.00 bits per heavy atom. The molecule has 0 saturated heterocycles. The van der Waals surface area contributed by atoms with Crippen LogP contribution in [0.1, 0.15) is 25.7 Å². The molecule has 1 heterocycles. The van der Waals surface area contributed by atoms with Crippen LogP contribution in [0.3, 0.4) is 0 Å². The monoisotopic (exact) mass is 188 g/mol.